The number of rotatable bonds is 4. The number of nitrogens with one attached hydrogen (secondary N) is 1. The van der Waals surface area contributed by atoms with Gasteiger partial charge in [0.15, 0.2) is 0 Å². The molecule has 0 amide bonds. The van der Waals surface area contributed by atoms with Crippen molar-refractivity contribution in [1.82, 2.24) is 14.8 Å². The van der Waals surface area contributed by atoms with Gasteiger partial charge in [0.25, 0.3) is 0 Å². The largest absolute Gasteiger partial charge is 0.494 e. The first-order valence-electron chi connectivity index (χ1n) is 8.72. The van der Waals surface area contributed by atoms with Crippen LogP contribution in [0.25, 0.3) is 0 Å². The molecule has 3 aromatic rings. The van der Waals surface area contributed by atoms with E-state index in [4.69, 9.17) is 33.7 Å². The average molecular weight is 441 g/mol. The van der Waals surface area contributed by atoms with E-state index in [1.54, 1.807) is 6.07 Å². The van der Waals surface area contributed by atoms with Crippen LogP contribution in [0, 0.1) is 0 Å². The molecule has 28 heavy (non-hydrogen) atoms. The number of nitrogens with two attached hydrogens (primary N) is 1. The zero-order valence-corrected chi connectivity index (χ0v) is 17.4. The smallest absolute Gasteiger partial charge is 0.241 e. The normalized spacial score (nSPS) is 18.0. The number of aromatic nitrogens is 3. The summed E-state index contributed by atoms with van der Waals surface area (Å²) in [6.07, 6.45) is 0.734. The molecule has 0 radical (unpaired) electrons. The third-order valence-corrected chi connectivity index (χ3v) is 5.37. The van der Waals surface area contributed by atoms with Gasteiger partial charge in [-0.3, -0.25) is 0 Å². The summed E-state index contributed by atoms with van der Waals surface area (Å²) in [7, 11) is 0. The zero-order chi connectivity index (χ0) is 19.0. The van der Waals surface area contributed by atoms with E-state index >= 15 is 0 Å². The van der Waals surface area contributed by atoms with Gasteiger partial charge < -0.3 is 15.8 Å². The Kier molecular flexibility index (Phi) is 6.23. The lowest BCUT2D eigenvalue weighted by atomic mass is 9.93. The molecule has 2 atom stereocenters. The molecule has 6 nitrogen and oxygen atoms in total. The first-order chi connectivity index (χ1) is 13.1. The molecule has 3 N–H and O–H groups in total. The minimum Gasteiger partial charge on any atom is -0.494 e. The Hall–Kier alpha value is -2.15. The molecule has 0 spiro atoms. The Bertz CT molecular complexity index is 978. The van der Waals surface area contributed by atoms with Crippen molar-refractivity contribution in [3.05, 3.63) is 63.6 Å². The van der Waals surface area contributed by atoms with Crippen LogP contribution in [0.5, 0.6) is 5.75 Å². The van der Waals surface area contributed by atoms with E-state index in [0.29, 0.717) is 22.6 Å². The predicted molar refractivity (Wildman–Crippen MR) is 115 cm³/mol. The lowest BCUT2D eigenvalue weighted by molar-refractivity contribution is 0.325. The number of anilines is 2. The number of fused-ring (bicyclic) bond motifs is 1. The highest BCUT2D eigenvalue weighted by molar-refractivity contribution is 6.42. The zero-order valence-electron chi connectivity index (χ0n) is 15.1. The highest BCUT2D eigenvalue weighted by Gasteiger charge is 2.32. The first-order valence-corrected chi connectivity index (χ1v) is 9.47. The third-order valence-electron chi connectivity index (χ3n) is 4.63. The second-order valence-corrected chi connectivity index (χ2v) is 7.15. The number of ether oxygens (including phenoxy) is 1. The molecular formula is C19H20Cl3N5O. The number of halogens is 3. The molecule has 2 heterocycles. The van der Waals surface area contributed by atoms with Crippen molar-refractivity contribution >= 4 is 47.5 Å². The second-order valence-electron chi connectivity index (χ2n) is 6.33. The second kappa shape index (κ2) is 8.47. The fourth-order valence-electron chi connectivity index (χ4n) is 3.44. The first kappa shape index (κ1) is 20.6. The van der Waals surface area contributed by atoms with Crippen molar-refractivity contribution in [2.45, 2.75) is 25.4 Å². The molecule has 0 saturated carbocycles. The number of para-hydroxylation sites is 1. The minimum atomic E-state index is -0.0757. The van der Waals surface area contributed by atoms with Crippen molar-refractivity contribution in [3.8, 4) is 5.75 Å². The Balaban J connectivity index is 0.00000225. The molecule has 4 rings (SSSR count). The van der Waals surface area contributed by atoms with Gasteiger partial charge in [-0.1, -0.05) is 47.5 Å². The van der Waals surface area contributed by atoms with E-state index in [-0.39, 0.29) is 30.4 Å². The van der Waals surface area contributed by atoms with Crippen LogP contribution in [-0.4, -0.2) is 21.4 Å². The molecule has 1 aromatic heterocycles. The summed E-state index contributed by atoms with van der Waals surface area (Å²) in [5, 5.41) is 8.84. The summed E-state index contributed by atoms with van der Waals surface area (Å²) in [4.78, 5) is 4.34. The van der Waals surface area contributed by atoms with Crippen molar-refractivity contribution in [3.63, 3.8) is 0 Å². The fourth-order valence-corrected chi connectivity index (χ4v) is 3.75. The van der Waals surface area contributed by atoms with Gasteiger partial charge in [0.2, 0.25) is 11.9 Å². The Morgan fingerprint density at radius 1 is 1.21 bits per heavy atom. The molecule has 9 heteroatoms. The van der Waals surface area contributed by atoms with Crippen LogP contribution in [0.2, 0.25) is 10.0 Å². The van der Waals surface area contributed by atoms with E-state index in [1.807, 2.05) is 41.9 Å². The lowest BCUT2D eigenvalue weighted by Gasteiger charge is -2.32. The van der Waals surface area contributed by atoms with Crippen LogP contribution < -0.4 is 15.8 Å². The van der Waals surface area contributed by atoms with Crippen molar-refractivity contribution in [1.29, 1.82) is 0 Å². The topological polar surface area (TPSA) is 78.0 Å². The number of nitrogens with zero attached hydrogens (tertiary/aromatic N) is 3. The maximum atomic E-state index is 6.22. The van der Waals surface area contributed by atoms with Crippen LogP contribution in [0.4, 0.5) is 11.9 Å². The molecule has 2 unspecified atom stereocenters. The summed E-state index contributed by atoms with van der Waals surface area (Å²) in [5.74, 6) is 1.68. The van der Waals surface area contributed by atoms with Crippen LogP contribution >= 0.6 is 35.6 Å². The Labute approximate surface area is 179 Å². The van der Waals surface area contributed by atoms with Crippen LogP contribution in [0.3, 0.4) is 0 Å². The van der Waals surface area contributed by atoms with E-state index in [2.05, 4.69) is 21.5 Å². The molecule has 0 fully saturated rings. The molecule has 148 valence electrons. The molecule has 0 aliphatic carbocycles. The van der Waals surface area contributed by atoms with Crippen LogP contribution in [-0.2, 0) is 0 Å². The van der Waals surface area contributed by atoms with Gasteiger partial charge in [-0.15, -0.1) is 17.5 Å². The van der Waals surface area contributed by atoms with E-state index in [9.17, 15) is 0 Å². The van der Waals surface area contributed by atoms with Crippen LogP contribution in [0.1, 0.15) is 36.6 Å². The van der Waals surface area contributed by atoms with E-state index in [1.165, 1.54) is 0 Å². The van der Waals surface area contributed by atoms with E-state index in [0.717, 1.165) is 23.3 Å². The summed E-state index contributed by atoms with van der Waals surface area (Å²) in [6, 6.07) is 13.5. The van der Waals surface area contributed by atoms with Gasteiger partial charge in [0, 0.05) is 5.56 Å². The Morgan fingerprint density at radius 2 is 2.00 bits per heavy atom. The summed E-state index contributed by atoms with van der Waals surface area (Å²) in [5.41, 5.74) is 7.93. The predicted octanol–water partition coefficient (Wildman–Crippen LogP) is 5.13. The molecular weight excluding hydrogens is 421 g/mol. The van der Waals surface area contributed by atoms with Gasteiger partial charge >= 0.3 is 0 Å². The molecule has 0 bridgehead atoms. The highest BCUT2D eigenvalue weighted by atomic mass is 35.5. The monoisotopic (exact) mass is 439 g/mol. The van der Waals surface area contributed by atoms with Gasteiger partial charge in [0.1, 0.15) is 5.75 Å². The number of nitrogen functional groups attached to an aromatic ring is 1. The van der Waals surface area contributed by atoms with E-state index < -0.39 is 0 Å². The number of hydrogen-bond donors (Lipinski definition) is 2. The Morgan fingerprint density at radius 3 is 2.75 bits per heavy atom. The van der Waals surface area contributed by atoms with Crippen molar-refractivity contribution in [2.75, 3.05) is 17.7 Å². The quantitative estimate of drug-likeness (QED) is 0.588. The molecule has 2 aromatic carbocycles. The van der Waals surface area contributed by atoms with Crippen molar-refractivity contribution in [2.24, 2.45) is 0 Å². The summed E-state index contributed by atoms with van der Waals surface area (Å²) < 4.78 is 7.66. The van der Waals surface area contributed by atoms with Gasteiger partial charge in [-0.2, -0.15) is 4.98 Å². The third kappa shape index (κ3) is 3.85. The maximum Gasteiger partial charge on any atom is 0.241 e. The van der Waals surface area contributed by atoms with Crippen LogP contribution in [0.15, 0.2) is 42.5 Å². The molecule has 1 aliphatic rings. The summed E-state index contributed by atoms with van der Waals surface area (Å²) >= 11 is 12.3. The molecule has 1 aliphatic heterocycles. The number of hydrogen-bond acceptors (Lipinski definition) is 5. The summed E-state index contributed by atoms with van der Waals surface area (Å²) in [6.45, 7) is 2.56. The SMILES string of the molecule is CCOc1ccccc1C1CC(c2ccc(Cl)c(Cl)c2)Nc2nc(N)nn21.Cl. The average Bonchev–Trinajstić information content (AvgIpc) is 3.04. The van der Waals surface area contributed by atoms with Gasteiger partial charge in [0.05, 0.1) is 28.7 Å². The number of benzene rings is 2. The standard InChI is InChI=1S/C19H19Cl2N5O.ClH/c1-2-27-17-6-4-3-5-12(17)16-10-15(11-7-8-13(20)14(21)9-11)23-19-24-18(22)25-26(16)19;/h3-9,15-16H,2,10H2,1H3,(H3,22,23,24,25);1H. The molecule has 0 saturated heterocycles. The maximum absolute atomic E-state index is 6.22. The minimum absolute atomic E-state index is 0. The van der Waals surface area contributed by atoms with Gasteiger partial charge in [-0.05, 0) is 37.1 Å². The van der Waals surface area contributed by atoms with Gasteiger partial charge in [-0.25, -0.2) is 4.68 Å². The fraction of sp³-hybridized carbons (Fsp3) is 0.263. The van der Waals surface area contributed by atoms with Crippen molar-refractivity contribution < 1.29 is 4.74 Å². The lowest BCUT2D eigenvalue weighted by Crippen LogP contribution is -2.28. The highest BCUT2D eigenvalue weighted by Crippen LogP contribution is 2.41.